The minimum atomic E-state index is -4.83. The van der Waals surface area contributed by atoms with Gasteiger partial charge in [-0.05, 0) is 25.1 Å². The van der Waals surface area contributed by atoms with E-state index in [2.05, 4.69) is 9.84 Å². The SMILES string of the molecule is CCOC(=O)Cn1cc(-c2cc(OC(F)(F)F)ccc2C#N)cn1. The summed E-state index contributed by atoms with van der Waals surface area (Å²) in [4.78, 5) is 11.4. The summed E-state index contributed by atoms with van der Waals surface area (Å²) >= 11 is 0. The van der Waals surface area contributed by atoms with E-state index in [9.17, 15) is 18.0 Å². The molecule has 126 valence electrons. The van der Waals surface area contributed by atoms with Crippen LogP contribution >= 0.6 is 0 Å². The largest absolute Gasteiger partial charge is 0.573 e. The number of aromatic nitrogens is 2. The number of alkyl halides is 3. The predicted octanol–water partition coefficient (Wildman–Crippen LogP) is 2.88. The van der Waals surface area contributed by atoms with E-state index in [1.807, 2.05) is 6.07 Å². The van der Waals surface area contributed by atoms with Crippen molar-refractivity contribution in [2.24, 2.45) is 0 Å². The second-order valence-corrected chi connectivity index (χ2v) is 4.60. The summed E-state index contributed by atoms with van der Waals surface area (Å²) in [5.74, 6) is -0.948. The molecule has 0 spiro atoms. The van der Waals surface area contributed by atoms with Crippen LogP contribution in [-0.2, 0) is 16.1 Å². The summed E-state index contributed by atoms with van der Waals surface area (Å²) in [7, 11) is 0. The van der Waals surface area contributed by atoms with Gasteiger partial charge >= 0.3 is 12.3 Å². The van der Waals surface area contributed by atoms with E-state index >= 15 is 0 Å². The summed E-state index contributed by atoms with van der Waals surface area (Å²) in [5.41, 5.74) is 0.748. The molecule has 0 unspecified atom stereocenters. The van der Waals surface area contributed by atoms with Crippen LogP contribution in [0.25, 0.3) is 11.1 Å². The predicted molar refractivity (Wildman–Crippen MR) is 75.7 cm³/mol. The number of halogens is 3. The van der Waals surface area contributed by atoms with Gasteiger partial charge in [0.1, 0.15) is 12.3 Å². The highest BCUT2D eigenvalue weighted by Gasteiger charge is 2.31. The Morgan fingerprint density at radius 1 is 1.42 bits per heavy atom. The topological polar surface area (TPSA) is 77.1 Å². The number of ether oxygens (including phenoxy) is 2. The highest BCUT2D eigenvalue weighted by Crippen LogP contribution is 2.30. The third-order valence-electron chi connectivity index (χ3n) is 2.89. The van der Waals surface area contributed by atoms with Crippen LogP contribution in [0.1, 0.15) is 12.5 Å². The van der Waals surface area contributed by atoms with Crippen LogP contribution in [0.4, 0.5) is 13.2 Å². The minimum Gasteiger partial charge on any atom is -0.465 e. The van der Waals surface area contributed by atoms with Gasteiger partial charge in [-0.1, -0.05) is 0 Å². The first-order valence-corrected chi connectivity index (χ1v) is 6.80. The number of benzene rings is 1. The van der Waals surface area contributed by atoms with Gasteiger partial charge in [0.05, 0.1) is 24.4 Å². The van der Waals surface area contributed by atoms with Gasteiger partial charge in [0.2, 0.25) is 0 Å². The highest BCUT2D eigenvalue weighted by atomic mass is 19.4. The van der Waals surface area contributed by atoms with Crippen LogP contribution in [-0.4, -0.2) is 28.7 Å². The molecule has 0 amide bonds. The molecule has 6 nitrogen and oxygen atoms in total. The molecular formula is C15H12F3N3O3. The molecule has 0 N–H and O–H groups in total. The van der Waals surface area contributed by atoms with Crippen LogP contribution in [0.5, 0.6) is 5.75 Å². The molecule has 0 radical (unpaired) electrons. The molecule has 9 heteroatoms. The molecule has 0 fully saturated rings. The van der Waals surface area contributed by atoms with E-state index in [4.69, 9.17) is 10.00 Å². The molecule has 24 heavy (non-hydrogen) atoms. The zero-order valence-electron chi connectivity index (χ0n) is 12.5. The molecule has 0 aliphatic rings. The second-order valence-electron chi connectivity index (χ2n) is 4.60. The van der Waals surface area contributed by atoms with E-state index < -0.39 is 18.1 Å². The zero-order chi connectivity index (χ0) is 17.7. The lowest BCUT2D eigenvalue weighted by Crippen LogP contribution is -2.17. The van der Waals surface area contributed by atoms with Crippen molar-refractivity contribution in [1.82, 2.24) is 9.78 Å². The molecular weight excluding hydrogens is 327 g/mol. The summed E-state index contributed by atoms with van der Waals surface area (Å²) < 4.78 is 46.9. The number of nitriles is 1. The van der Waals surface area contributed by atoms with Crippen LogP contribution in [0, 0.1) is 11.3 Å². The third kappa shape index (κ3) is 4.49. The summed E-state index contributed by atoms with van der Waals surface area (Å²) in [6.07, 6.45) is -2.06. The van der Waals surface area contributed by atoms with Crippen molar-refractivity contribution in [3.05, 3.63) is 36.2 Å². The van der Waals surface area contributed by atoms with Gasteiger partial charge in [-0.25, -0.2) is 0 Å². The lowest BCUT2D eigenvalue weighted by atomic mass is 10.0. The number of hydrogen-bond donors (Lipinski definition) is 0. The Labute approximate surface area is 135 Å². The first-order valence-electron chi connectivity index (χ1n) is 6.80. The van der Waals surface area contributed by atoms with Crippen molar-refractivity contribution in [2.45, 2.75) is 19.8 Å². The third-order valence-corrected chi connectivity index (χ3v) is 2.89. The van der Waals surface area contributed by atoms with E-state index in [1.165, 1.54) is 23.1 Å². The summed E-state index contributed by atoms with van der Waals surface area (Å²) in [5, 5.41) is 13.0. The van der Waals surface area contributed by atoms with Gasteiger partial charge in [0.25, 0.3) is 0 Å². The van der Waals surface area contributed by atoms with Gasteiger partial charge in [0, 0.05) is 17.3 Å². The summed E-state index contributed by atoms with van der Waals surface area (Å²) in [6.45, 7) is 1.74. The average Bonchev–Trinajstić information content (AvgIpc) is 2.94. The number of carbonyl (C=O) groups is 1. The van der Waals surface area contributed by atoms with Crippen molar-refractivity contribution in [3.63, 3.8) is 0 Å². The highest BCUT2D eigenvalue weighted by molar-refractivity contribution is 5.72. The Kier molecular flexibility index (Phi) is 5.08. The molecule has 2 rings (SSSR count). The van der Waals surface area contributed by atoms with Crippen LogP contribution in [0.2, 0.25) is 0 Å². The van der Waals surface area contributed by atoms with Gasteiger partial charge in [-0.3, -0.25) is 9.48 Å². The molecule has 1 heterocycles. The van der Waals surface area contributed by atoms with Crippen molar-refractivity contribution in [1.29, 1.82) is 5.26 Å². The van der Waals surface area contributed by atoms with Crippen molar-refractivity contribution >= 4 is 5.97 Å². The van der Waals surface area contributed by atoms with Crippen LogP contribution in [0.15, 0.2) is 30.6 Å². The Hall–Kier alpha value is -3.02. The first-order chi connectivity index (χ1) is 11.3. The summed E-state index contributed by atoms with van der Waals surface area (Å²) in [6, 6.07) is 5.26. The first kappa shape index (κ1) is 17.3. The number of esters is 1. The number of nitrogens with zero attached hydrogens (tertiary/aromatic N) is 3. The fraction of sp³-hybridized carbons (Fsp3) is 0.267. The van der Waals surface area contributed by atoms with Gasteiger partial charge < -0.3 is 9.47 Å². The standard InChI is InChI=1S/C15H12F3N3O3/c1-2-23-14(22)9-21-8-11(7-20-21)13-5-12(24-15(16,17)18)4-3-10(13)6-19/h3-5,7-8H,2,9H2,1H3. The lowest BCUT2D eigenvalue weighted by molar-refractivity contribution is -0.274. The molecule has 0 saturated heterocycles. The maximum absolute atomic E-state index is 12.3. The Balaban J connectivity index is 2.30. The zero-order valence-corrected chi connectivity index (χ0v) is 12.5. The lowest BCUT2D eigenvalue weighted by Gasteiger charge is -2.10. The van der Waals surface area contributed by atoms with Gasteiger partial charge in [0.15, 0.2) is 0 Å². The van der Waals surface area contributed by atoms with E-state index in [0.717, 1.165) is 12.1 Å². The molecule has 1 aromatic heterocycles. The Morgan fingerprint density at radius 2 is 2.17 bits per heavy atom. The molecule has 0 aliphatic carbocycles. The number of rotatable bonds is 5. The van der Waals surface area contributed by atoms with Crippen LogP contribution < -0.4 is 4.74 Å². The maximum Gasteiger partial charge on any atom is 0.573 e. The molecule has 0 saturated carbocycles. The molecule has 0 atom stereocenters. The van der Waals surface area contributed by atoms with E-state index in [0.29, 0.717) is 5.56 Å². The van der Waals surface area contributed by atoms with Crippen molar-refractivity contribution in [3.8, 4) is 22.9 Å². The fourth-order valence-electron chi connectivity index (χ4n) is 1.98. The molecule has 0 aliphatic heterocycles. The van der Waals surface area contributed by atoms with Crippen molar-refractivity contribution < 1.29 is 27.4 Å². The smallest absolute Gasteiger partial charge is 0.465 e. The van der Waals surface area contributed by atoms with Gasteiger partial charge in [-0.2, -0.15) is 10.4 Å². The number of carbonyl (C=O) groups excluding carboxylic acids is 1. The monoisotopic (exact) mass is 339 g/mol. The molecule has 0 bridgehead atoms. The fourth-order valence-corrected chi connectivity index (χ4v) is 1.98. The van der Waals surface area contributed by atoms with Gasteiger partial charge in [-0.15, -0.1) is 13.2 Å². The molecule has 1 aromatic carbocycles. The number of hydrogen-bond acceptors (Lipinski definition) is 5. The normalized spacial score (nSPS) is 11.0. The van der Waals surface area contributed by atoms with E-state index in [-0.39, 0.29) is 24.3 Å². The maximum atomic E-state index is 12.3. The van der Waals surface area contributed by atoms with E-state index in [1.54, 1.807) is 6.92 Å². The Bertz CT molecular complexity index is 778. The quantitative estimate of drug-likeness (QED) is 0.783. The van der Waals surface area contributed by atoms with Crippen LogP contribution in [0.3, 0.4) is 0 Å². The Morgan fingerprint density at radius 3 is 2.79 bits per heavy atom. The second kappa shape index (κ2) is 7.04. The molecule has 2 aromatic rings. The average molecular weight is 339 g/mol. The van der Waals surface area contributed by atoms with Crippen molar-refractivity contribution in [2.75, 3.05) is 6.61 Å². The minimum absolute atomic E-state index is 0.144.